The van der Waals surface area contributed by atoms with Crippen molar-refractivity contribution in [2.75, 3.05) is 0 Å². The molecule has 1 aliphatic carbocycles. The second-order valence-electron chi connectivity index (χ2n) is 5.64. The lowest BCUT2D eigenvalue weighted by molar-refractivity contribution is 0.509. The molecule has 0 aromatic carbocycles. The van der Waals surface area contributed by atoms with Gasteiger partial charge in [-0.3, -0.25) is 4.79 Å². The molecule has 3 rings (SSSR count). The van der Waals surface area contributed by atoms with E-state index in [-0.39, 0.29) is 11.5 Å². The van der Waals surface area contributed by atoms with Crippen LogP contribution in [0.1, 0.15) is 49.4 Å². The number of aryl methyl sites for hydroxylation is 1. The van der Waals surface area contributed by atoms with Crippen LogP contribution in [-0.4, -0.2) is 9.97 Å². The van der Waals surface area contributed by atoms with Gasteiger partial charge in [0, 0.05) is 10.8 Å². The van der Waals surface area contributed by atoms with Crippen molar-refractivity contribution in [2.45, 2.75) is 46.0 Å². The first-order valence-electron chi connectivity index (χ1n) is 6.60. The van der Waals surface area contributed by atoms with Crippen molar-refractivity contribution < 1.29 is 0 Å². The molecule has 3 nitrogen and oxygen atoms in total. The minimum absolute atomic E-state index is 0.0516. The van der Waals surface area contributed by atoms with E-state index >= 15 is 0 Å². The molecule has 0 saturated heterocycles. The fourth-order valence-electron chi connectivity index (χ4n) is 2.64. The Morgan fingerprint density at radius 2 is 2.22 bits per heavy atom. The van der Waals surface area contributed by atoms with Gasteiger partial charge in [0.2, 0.25) is 0 Å². The molecule has 2 heterocycles. The Bertz CT molecular complexity index is 654. The Morgan fingerprint density at radius 3 is 2.94 bits per heavy atom. The number of fused-ring (bicyclic) bond motifs is 3. The summed E-state index contributed by atoms with van der Waals surface area (Å²) >= 11 is 1.72. The Kier molecular flexibility index (Phi) is 2.77. The molecule has 0 saturated carbocycles. The van der Waals surface area contributed by atoms with Crippen molar-refractivity contribution in [3.05, 3.63) is 26.6 Å². The molecule has 18 heavy (non-hydrogen) atoms. The van der Waals surface area contributed by atoms with Gasteiger partial charge in [0.05, 0.1) is 5.39 Å². The number of thiophene rings is 1. The average Bonchev–Trinajstić information content (AvgIpc) is 2.66. The smallest absolute Gasteiger partial charge is 0.259 e. The minimum atomic E-state index is 0.0516. The molecule has 0 fully saturated rings. The van der Waals surface area contributed by atoms with Gasteiger partial charge in [-0.25, -0.2) is 4.98 Å². The van der Waals surface area contributed by atoms with Gasteiger partial charge < -0.3 is 4.98 Å². The summed E-state index contributed by atoms with van der Waals surface area (Å²) in [5.74, 6) is 1.80. The molecule has 2 aromatic heterocycles. The summed E-state index contributed by atoms with van der Waals surface area (Å²) in [6, 6.07) is 0. The molecule has 1 atom stereocenters. The van der Waals surface area contributed by atoms with Gasteiger partial charge in [-0.1, -0.05) is 20.8 Å². The van der Waals surface area contributed by atoms with Gasteiger partial charge in [0.25, 0.3) is 5.56 Å². The number of H-pyrrole nitrogens is 1. The van der Waals surface area contributed by atoms with Crippen LogP contribution in [0.15, 0.2) is 4.79 Å². The highest BCUT2D eigenvalue weighted by Crippen LogP contribution is 2.35. The maximum absolute atomic E-state index is 12.2. The standard InChI is InChI=1S/C14H18N2OS/c1-7(2)12-15-13(17)11-9-5-4-8(3)6-10(9)18-14(11)16-12/h7-8H,4-6H2,1-3H3,(H,15,16,17)/t8-/m1/s1. The fraction of sp³-hybridized carbons (Fsp3) is 0.571. The zero-order valence-electron chi connectivity index (χ0n) is 11.0. The molecule has 2 aromatic rings. The SMILES string of the molecule is CC(C)c1nc2sc3c(c2c(=O)[nH]1)CC[C@@H](C)C3. The van der Waals surface area contributed by atoms with Crippen molar-refractivity contribution in [3.8, 4) is 0 Å². The molecule has 0 unspecified atom stereocenters. The van der Waals surface area contributed by atoms with Crippen molar-refractivity contribution in [3.63, 3.8) is 0 Å². The monoisotopic (exact) mass is 262 g/mol. The average molecular weight is 262 g/mol. The molecule has 4 heteroatoms. The zero-order chi connectivity index (χ0) is 12.9. The molecule has 1 N–H and O–H groups in total. The summed E-state index contributed by atoms with van der Waals surface area (Å²) in [4.78, 5) is 22.1. The first-order valence-corrected chi connectivity index (χ1v) is 7.42. The van der Waals surface area contributed by atoms with Crippen LogP contribution >= 0.6 is 11.3 Å². The molecular weight excluding hydrogens is 244 g/mol. The van der Waals surface area contributed by atoms with Gasteiger partial charge in [0.1, 0.15) is 10.7 Å². The number of hydrogen-bond donors (Lipinski definition) is 1. The summed E-state index contributed by atoms with van der Waals surface area (Å²) in [7, 11) is 0. The van der Waals surface area contributed by atoms with Crippen molar-refractivity contribution in [2.24, 2.45) is 5.92 Å². The van der Waals surface area contributed by atoms with E-state index in [1.807, 2.05) is 0 Å². The summed E-state index contributed by atoms with van der Waals surface area (Å²) < 4.78 is 0. The van der Waals surface area contributed by atoms with Crippen LogP contribution in [0, 0.1) is 5.92 Å². The first kappa shape index (κ1) is 11.9. The predicted octanol–water partition coefficient (Wildman–Crippen LogP) is 3.23. The van der Waals surface area contributed by atoms with E-state index in [1.165, 1.54) is 16.9 Å². The largest absolute Gasteiger partial charge is 0.310 e. The highest BCUT2D eigenvalue weighted by Gasteiger charge is 2.23. The van der Waals surface area contributed by atoms with Crippen LogP contribution in [-0.2, 0) is 12.8 Å². The molecule has 1 aliphatic rings. The maximum Gasteiger partial charge on any atom is 0.259 e. The second kappa shape index (κ2) is 4.19. The highest BCUT2D eigenvalue weighted by molar-refractivity contribution is 7.18. The van der Waals surface area contributed by atoms with Gasteiger partial charge in [-0.2, -0.15) is 0 Å². The van der Waals surface area contributed by atoms with E-state index in [0.717, 1.165) is 34.8 Å². The molecule has 0 amide bonds. The molecule has 0 aliphatic heterocycles. The lowest BCUT2D eigenvalue weighted by Gasteiger charge is -2.17. The Labute approximate surface area is 110 Å². The van der Waals surface area contributed by atoms with Crippen molar-refractivity contribution in [1.82, 2.24) is 9.97 Å². The topological polar surface area (TPSA) is 45.8 Å². The number of hydrogen-bond acceptors (Lipinski definition) is 3. The summed E-state index contributed by atoms with van der Waals surface area (Å²) in [6.07, 6.45) is 3.32. The normalized spacial score (nSPS) is 19.4. The first-order chi connectivity index (χ1) is 8.56. The Hall–Kier alpha value is -1.16. The van der Waals surface area contributed by atoms with Gasteiger partial charge in [0.15, 0.2) is 0 Å². The van der Waals surface area contributed by atoms with Crippen molar-refractivity contribution in [1.29, 1.82) is 0 Å². The number of nitrogens with zero attached hydrogens (tertiary/aromatic N) is 1. The number of aromatic nitrogens is 2. The van der Waals surface area contributed by atoms with Crippen LogP contribution in [0.25, 0.3) is 10.2 Å². The molecule has 0 spiro atoms. The Balaban J connectivity index is 2.25. The molecule has 96 valence electrons. The number of aromatic amines is 1. The lowest BCUT2D eigenvalue weighted by atomic mass is 9.89. The third kappa shape index (κ3) is 1.79. The van der Waals surface area contributed by atoms with E-state index in [9.17, 15) is 4.79 Å². The van der Waals surface area contributed by atoms with Crippen LogP contribution in [0.2, 0.25) is 0 Å². The molecule has 0 bridgehead atoms. The maximum atomic E-state index is 12.2. The van der Waals surface area contributed by atoms with Crippen LogP contribution in [0.5, 0.6) is 0 Å². The summed E-state index contributed by atoms with van der Waals surface area (Å²) in [5.41, 5.74) is 1.31. The summed E-state index contributed by atoms with van der Waals surface area (Å²) in [5, 5.41) is 0.853. The zero-order valence-corrected chi connectivity index (χ0v) is 11.9. The molecular formula is C14H18N2OS. The number of nitrogens with one attached hydrogen (secondary N) is 1. The quantitative estimate of drug-likeness (QED) is 0.857. The Morgan fingerprint density at radius 1 is 1.44 bits per heavy atom. The van der Waals surface area contributed by atoms with Crippen LogP contribution in [0.3, 0.4) is 0 Å². The van der Waals surface area contributed by atoms with E-state index in [2.05, 4.69) is 30.7 Å². The van der Waals surface area contributed by atoms with Crippen molar-refractivity contribution >= 4 is 21.6 Å². The van der Waals surface area contributed by atoms with E-state index < -0.39 is 0 Å². The van der Waals surface area contributed by atoms with E-state index in [0.29, 0.717) is 0 Å². The predicted molar refractivity (Wildman–Crippen MR) is 75.5 cm³/mol. The fourth-order valence-corrected chi connectivity index (χ4v) is 4.03. The van der Waals surface area contributed by atoms with Gasteiger partial charge in [-0.05, 0) is 30.7 Å². The third-order valence-corrected chi connectivity index (χ3v) is 4.88. The van der Waals surface area contributed by atoms with E-state index in [4.69, 9.17) is 0 Å². The van der Waals surface area contributed by atoms with Gasteiger partial charge in [-0.15, -0.1) is 11.3 Å². The van der Waals surface area contributed by atoms with Crippen LogP contribution < -0.4 is 5.56 Å². The van der Waals surface area contributed by atoms with Gasteiger partial charge >= 0.3 is 0 Å². The second-order valence-corrected chi connectivity index (χ2v) is 6.72. The third-order valence-electron chi connectivity index (χ3n) is 3.73. The highest BCUT2D eigenvalue weighted by atomic mass is 32.1. The van der Waals surface area contributed by atoms with Crippen LogP contribution in [0.4, 0.5) is 0 Å². The minimum Gasteiger partial charge on any atom is -0.310 e. The summed E-state index contributed by atoms with van der Waals surface area (Å²) in [6.45, 7) is 6.39. The lowest BCUT2D eigenvalue weighted by Crippen LogP contribution is -2.15. The van der Waals surface area contributed by atoms with E-state index in [1.54, 1.807) is 11.3 Å². The number of rotatable bonds is 1. The molecule has 0 radical (unpaired) electrons.